The fourth-order valence-corrected chi connectivity index (χ4v) is 8.98. The number of aliphatic hydroxyl groups excluding tert-OH is 2. The Labute approximate surface area is 405 Å². The summed E-state index contributed by atoms with van der Waals surface area (Å²) >= 11 is 0. The highest BCUT2D eigenvalue weighted by Crippen LogP contribution is 2.17. The molecule has 0 spiro atoms. The fraction of sp³-hybridized carbons (Fsp3) is 0.898. The third-order valence-electron chi connectivity index (χ3n) is 13.5. The third-order valence-corrected chi connectivity index (χ3v) is 13.5. The summed E-state index contributed by atoms with van der Waals surface area (Å²) in [6.07, 6.45) is 66.2. The van der Waals surface area contributed by atoms with Gasteiger partial charge >= 0.3 is 5.97 Å². The third kappa shape index (κ3) is 51.6. The summed E-state index contributed by atoms with van der Waals surface area (Å²) in [6, 6.07) is -0.632. The predicted molar refractivity (Wildman–Crippen MR) is 283 cm³/mol. The van der Waals surface area contributed by atoms with Crippen molar-refractivity contribution in [3.63, 3.8) is 0 Å². The zero-order valence-corrected chi connectivity index (χ0v) is 43.7. The van der Waals surface area contributed by atoms with E-state index < -0.39 is 12.1 Å². The zero-order chi connectivity index (χ0) is 47.2. The highest BCUT2D eigenvalue weighted by atomic mass is 16.5. The van der Waals surface area contributed by atoms with E-state index in [9.17, 15) is 19.8 Å². The first-order valence-electron chi connectivity index (χ1n) is 29.1. The lowest BCUT2D eigenvalue weighted by Gasteiger charge is -2.20. The molecule has 384 valence electrons. The number of esters is 1. The van der Waals surface area contributed by atoms with Crippen LogP contribution in [-0.2, 0) is 14.3 Å². The molecule has 0 radical (unpaired) electrons. The lowest BCUT2D eigenvalue weighted by Crippen LogP contribution is -2.45. The number of allylic oxidation sites excluding steroid dienone is 3. The van der Waals surface area contributed by atoms with Gasteiger partial charge in [0.25, 0.3) is 0 Å². The van der Waals surface area contributed by atoms with E-state index in [1.54, 1.807) is 6.08 Å². The van der Waals surface area contributed by atoms with Crippen LogP contribution in [0.3, 0.4) is 0 Å². The summed E-state index contributed by atoms with van der Waals surface area (Å²) in [7, 11) is 0. The Hall–Kier alpha value is -1.66. The molecular weight excluding hydrogens is 803 g/mol. The van der Waals surface area contributed by atoms with Gasteiger partial charge in [-0.3, -0.25) is 9.59 Å². The van der Waals surface area contributed by atoms with Gasteiger partial charge in [-0.05, 0) is 57.8 Å². The molecule has 0 aliphatic heterocycles. The first-order chi connectivity index (χ1) is 32.0. The quantitative estimate of drug-likeness (QED) is 0.0321. The molecule has 0 rings (SSSR count). The van der Waals surface area contributed by atoms with Gasteiger partial charge in [-0.2, -0.15) is 0 Å². The summed E-state index contributed by atoms with van der Waals surface area (Å²) in [5.41, 5.74) is 0. The number of hydrogen-bond donors (Lipinski definition) is 3. The molecule has 2 atom stereocenters. The molecule has 0 aliphatic rings. The Morgan fingerprint density at radius 1 is 0.415 bits per heavy atom. The molecule has 0 aromatic heterocycles. The molecule has 65 heavy (non-hydrogen) atoms. The van der Waals surface area contributed by atoms with E-state index in [-0.39, 0.29) is 18.5 Å². The van der Waals surface area contributed by atoms with Gasteiger partial charge in [-0.1, -0.05) is 269 Å². The van der Waals surface area contributed by atoms with Crippen molar-refractivity contribution in [3.05, 3.63) is 24.3 Å². The predicted octanol–water partition coefficient (Wildman–Crippen LogP) is 17.9. The summed E-state index contributed by atoms with van der Waals surface area (Å²) in [5, 5.41) is 23.2. The normalized spacial score (nSPS) is 12.7. The van der Waals surface area contributed by atoms with Crippen LogP contribution in [0.2, 0.25) is 0 Å². The standard InChI is InChI=1S/C59H113NO5/c1-3-5-7-9-11-13-15-17-18-19-20-22-25-28-31-35-39-43-47-51-57(62)56(55-61)60-58(63)52-48-44-40-36-32-29-26-23-21-24-27-30-34-38-42-46-50-54-65-59(64)53-49-45-41-37-33-16-14-12-10-8-6-4-2/h12,14,47,51,56-57,61-62H,3-11,13,15-46,48-50,52-55H2,1-2H3,(H,60,63)/b14-12-,51-47+. The summed E-state index contributed by atoms with van der Waals surface area (Å²) in [5.74, 6) is -0.0766. The maximum atomic E-state index is 12.5. The van der Waals surface area contributed by atoms with E-state index in [1.165, 1.54) is 244 Å². The van der Waals surface area contributed by atoms with Crippen LogP contribution in [0.1, 0.15) is 316 Å². The Morgan fingerprint density at radius 3 is 1.12 bits per heavy atom. The largest absolute Gasteiger partial charge is 0.466 e. The lowest BCUT2D eigenvalue weighted by molar-refractivity contribution is -0.143. The first-order valence-corrected chi connectivity index (χ1v) is 29.1. The van der Waals surface area contributed by atoms with Crippen molar-refractivity contribution in [2.75, 3.05) is 13.2 Å². The van der Waals surface area contributed by atoms with Crippen molar-refractivity contribution in [2.45, 2.75) is 328 Å². The van der Waals surface area contributed by atoms with E-state index in [4.69, 9.17) is 4.74 Å². The zero-order valence-electron chi connectivity index (χ0n) is 43.7. The molecule has 3 N–H and O–H groups in total. The molecular formula is C59H113NO5. The van der Waals surface area contributed by atoms with Gasteiger partial charge in [-0.25, -0.2) is 0 Å². The maximum absolute atomic E-state index is 12.5. The van der Waals surface area contributed by atoms with Crippen molar-refractivity contribution < 1.29 is 24.5 Å². The van der Waals surface area contributed by atoms with Crippen molar-refractivity contribution in [2.24, 2.45) is 0 Å². The lowest BCUT2D eigenvalue weighted by atomic mass is 10.0. The van der Waals surface area contributed by atoms with Crippen LogP contribution in [-0.4, -0.2) is 47.4 Å². The number of aliphatic hydroxyl groups is 2. The van der Waals surface area contributed by atoms with Gasteiger partial charge in [-0.15, -0.1) is 0 Å². The Morgan fingerprint density at radius 2 is 0.723 bits per heavy atom. The molecule has 0 aliphatic carbocycles. The van der Waals surface area contributed by atoms with Crippen molar-refractivity contribution in [1.82, 2.24) is 5.32 Å². The van der Waals surface area contributed by atoms with Crippen molar-refractivity contribution in [3.8, 4) is 0 Å². The number of hydrogen-bond acceptors (Lipinski definition) is 5. The number of rotatable bonds is 54. The minimum absolute atomic E-state index is 0.00539. The van der Waals surface area contributed by atoms with E-state index >= 15 is 0 Å². The van der Waals surface area contributed by atoms with Crippen LogP contribution in [0, 0.1) is 0 Å². The van der Waals surface area contributed by atoms with Crippen molar-refractivity contribution >= 4 is 11.9 Å². The van der Waals surface area contributed by atoms with Gasteiger partial charge in [0, 0.05) is 12.8 Å². The summed E-state index contributed by atoms with van der Waals surface area (Å²) in [6.45, 7) is 4.88. The minimum atomic E-state index is -0.848. The fourth-order valence-electron chi connectivity index (χ4n) is 8.98. The molecule has 0 aromatic rings. The van der Waals surface area contributed by atoms with Crippen LogP contribution < -0.4 is 5.32 Å². The van der Waals surface area contributed by atoms with Crippen molar-refractivity contribution in [1.29, 1.82) is 0 Å². The highest BCUT2D eigenvalue weighted by molar-refractivity contribution is 5.76. The molecule has 0 heterocycles. The Kier molecular flexibility index (Phi) is 53.5. The molecule has 0 bridgehead atoms. The van der Waals surface area contributed by atoms with Gasteiger partial charge in [0.1, 0.15) is 0 Å². The molecule has 2 unspecified atom stereocenters. The number of carbonyl (C=O) groups excluding carboxylic acids is 2. The SMILES string of the molecule is CCCCC/C=C\CCCCCCCC(=O)OCCCCCCCCCCCCCCCCCCCC(=O)NC(CO)C(O)/C=C/CCCCCCCCCCCCCCCCCCC. The van der Waals surface area contributed by atoms with E-state index in [1.807, 2.05) is 6.08 Å². The Balaban J connectivity index is 3.46. The topological polar surface area (TPSA) is 95.9 Å². The van der Waals surface area contributed by atoms with Crippen LogP contribution >= 0.6 is 0 Å². The molecule has 0 aromatic carbocycles. The van der Waals surface area contributed by atoms with Gasteiger partial charge in [0.15, 0.2) is 0 Å². The number of nitrogens with one attached hydrogen (secondary N) is 1. The van der Waals surface area contributed by atoms with Crippen LogP contribution in [0.4, 0.5) is 0 Å². The monoisotopic (exact) mass is 916 g/mol. The molecule has 1 amide bonds. The summed E-state index contributed by atoms with van der Waals surface area (Å²) in [4.78, 5) is 24.5. The molecule has 0 saturated carbocycles. The second-order valence-electron chi connectivity index (χ2n) is 20.0. The van der Waals surface area contributed by atoms with E-state index in [0.29, 0.717) is 19.4 Å². The number of carbonyl (C=O) groups is 2. The molecule has 6 heteroatoms. The summed E-state index contributed by atoms with van der Waals surface area (Å²) < 4.78 is 5.46. The number of amides is 1. The highest BCUT2D eigenvalue weighted by Gasteiger charge is 2.18. The van der Waals surface area contributed by atoms with Gasteiger partial charge in [0.05, 0.1) is 25.4 Å². The molecule has 6 nitrogen and oxygen atoms in total. The second-order valence-corrected chi connectivity index (χ2v) is 20.0. The molecule has 0 saturated heterocycles. The van der Waals surface area contributed by atoms with Crippen LogP contribution in [0.15, 0.2) is 24.3 Å². The average molecular weight is 917 g/mol. The maximum Gasteiger partial charge on any atom is 0.305 e. The van der Waals surface area contributed by atoms with Crippen LogP contribution in [0.25, 0.3) is 0 Å². The number of unbranched alkanes of at least 4 members (excludes halogenated alkanes) is 41. The Bertz CT molecular complexity index is 1010. The average Bonchev–Trinajstić information content (AvgIpc) is 3.31. The van der Waals surface area contributed by atoms with Gasteiger partial charge in [0.2, 0.25) is 5.91 Å². The van der Waals surface area contributed by atoms with Crippen LogP contribution in [0.5, 0.6) is 0 Å². The second kappa shape index (κ2) is 54.9. The van der Waals surface area contributed by atoms with Gasteiger partial charge < -0.3 is 20.3 Å². The number of ether oxygens (including phenoxy) is 1. The smallest absolute Gasteiger partial charge is 0.305 e. The van der Waals surface area contributed by atoms with E-state index in [0.717, 1.165) is 44.9 Å². The molecule has 0 fully saturated rings. The first kappa shape index (κ1) is 63.3. The van der Waals surface area contributed by atoms with E-state index in [2.05, 4.69) is 31.3 Å². The minimum Gasteiger partial charge on any atom is -0.466 e.